The van der Waals surface area contributed by atoms with Crippen molar-refractivity contribution in [3.63, 3.8) is 0 Å². The molecule has 8 nitrogen and oxygen atoms in total. The highest BCUT2D eigenvalue weighted by Crippen LogP contribution is 2.43. The predicted molar refractivity (Wildman–Crippen MR) is 133 cm³/mol. The lowest BCUT2D eigenvalue weighted by molar-refractivity contribution is -0.114. The van der Waals surface area contributed by atoms with Crippen LogP contribution in [0.3, 0.4) is 0 Å². The Labute approximate surface area is 205 Å². The van der Waals surface area contributed by atoms with E-state index in [1.165, 1.54) is 30.5 Å². The number of amides is 1. The van der Waals surface area contributed by atoms with Crippen LogP contribution in [0, 0.1) is 0 Å². The van der Waals surface area contributed by atoms with Crippen LogP contribution in [0.15, 0.2) is 65.6 Å². The molecular formula is C26H28N2O6S. The standard InChI is InChI=1S/C26H28N2O6S/c1-17(29)27-22-15-20(10-11-23(22)32-2)35(30,31)28-13-12-19-14-24(33-3)25(34-4)16-21(19)26(28)18-8-6-5-7-9-18/h5-11,14-16,26H,12-13H2,1-4H3,(H,27,29)/t26-/m0/s1. The molecule has 0 fully saturated rings. The lowest BCUT2D eigenvalue weighted by atomic mass is 9.89. The zero-order chi connectivity index (χ0) is 25.2. The minimum atomic E-state index is -3.97. The summed E-state index contributed by atoms with van der Waals surface area (Å²) < 4.78 is 45.8. The molecule has 35 heavy (non-hydrogen) atoms. The van der Waals surface area contributed by atoms with Crippen molar-refractivity contribution in [1.82, 2.24) is 4.31 Å². The molecule has 0 bridgehead atoms. The number of ether oxygens (including phenoxy) is 3. The summed E-state index contributed by atoms with van der Waals surface area (Å²) in [4.78, 5) is 11.7. The first-order valence-corrected chi connectivity index (χ1v) is 12.5. The highest BCUT2D eigenvalue weighted by atomic mass is 32.2. The minimum absolute atomic E-state index is 0.0620. The molecule has 0 saturated carbocycles. The van der Waals surface area contributed by atoms with Crippen LogP contribution in [0.1, 0.15) is 29.7 Å². The van der Waals surface area contributed by atoms with Crippen LogP contribution in [0.4, 0.5) is 5.69 Å². The second-order valence-corrected chi connectivity index (χ2v) is 10.0. The minimum Gasteiger partial charge on any atom is -0.495 e. The van der Waals surface area contributed by atoms with E-state index in [4.69, 9.17) is 14.2 Å². The number of carbonyl (C=O) groups excluding carboxylic acids is 1. The van der Waals surface area contributed by atoms with Gasteiger partial charge in [0.2, 0.25) is 15.9 Å². The van der Waals surface area contributed by atoms with Gasteiger partial charge in [-0.2, -0.15) is 4.31 Å². The molecular weight excluding hydrogens is 468 g/mol. The first-order chi connectivity index (χ1) is 16.8. The van der Waals surface area contributed by atoms with Gasteiger partial charge in [-0.25, -0.2) is 8.42 Å². The summed E-state index contributed by atoms with van der Waals surface area (Å²) in [6.45, 7) is 1.63. The van der Waals surface area contributed by atoms with Crippen molar-refractivity contribution in [2.45, 2.75) is 24.3 Å². The average Bonchev–Trinajstić information content (AvgIpc) is 2.87. The van der Waals surface area contributed by atoms with Crippen LogP contribution >= 0.6 is 0 Å². The summed E-state index contributed by atoms with van der Waals surface area (Å²) in [6, 6.07) is 17.1. The van der Waals surface area contributed by atoms with Gasteiger partial charge >= 0.3 is 0 Å². The third kappa shape index (κ3) is 4.69. The molecule has 0 aliphatic carbocycles. The second-order valence-electron chi connectivity index (χ2n) is 8.13. The number of anilines is 1. The van der Waals surface area contributed by atoms with E-state index in [2.05, 4.69) is 5.32 Å². The number of sulfonamides is 1. The first-order valence-electron chi connectivity index (χ1n) is 11.1. The maximum Gasteiger partial charge on any atom is 0.244 e. The van der Waals surface area contributed by atoms with Gasteiger partial charge in [0.25, 0.3) is 0 Å². The van der Waals surface area contributed by atoms with Gasteiger partial charge in [0, 0.05) is 13.5 Å². The number of hydrogen-bond donors (Lipinski definition) is 1. The zero-order valence-electron chi connectivity index (χ0n) is 20.1. The van der Waals surface area contributed by atoms with Crippen molar-refractivity contribution >= 4 is 21.6 Å². The quantitative estimate of drug-likeness (QED) is 0.531. The number of carbonyl (C=O) groups is 1. The Kier molecular flexibility index (Phi) is 7.00. The summed E-state index contributed by atoms with van der Waals surface area (Å²) >= 11 is 0. The SMILES string of the molecule is COc1ccc(S(=O)(=O)N2CCc3cc(OC)c(OC)cc3[C@@H]2c2ccccc2)cc1NC(C)=O. The van der Waals surface area contributed by atoms with Gasteiger partial charge in [-0.05, 0) is 53.4 Å². The van der Waals surface area contributed by atoms with Crippen LogP contribution in [0.2, 0.25) is 0 Å². The van der Waals surface area contributed by atoms with Gasteiger partial charge < -0.3 is 19.5 Å². The molecule has 1 atom stereocenters. The van der Waals surface area contributed by atoms with Gasteiger partial charge in [0.05, 0.1) is 38.0 Å². The average molecular weight is 497 g/mol. The van der Waals surface area contributed by atoms with E-state index in [-0.39, 0.29) is 17.3 Å². The number of hydrogen-bond acceptors (Lipinski definition) is 6. The molecule has 9 heteroatoms. The molecule has 0 saturated heterocycles. The molecule has 0 spiro atoms. The molecule has 1 aliphatic rings. The highest BCUT2D eigenvalue weighted by molar-refractivity contribution is 7.89. The van der Waals surface area contributed by atoms with E-state index in [1.54, 1.807) is 20.3 Å². The summed E-state index contributed by atoms with van der Waals surface area (Å²) in [7, 11) is 0.629. The van der Waals surface area contributed by atoms with Crippen molar-refractivity contribution in [2.24, 2.45) is 0 Å². The molecule has 1 amide bonds. The lowest BCUT2D eigenvalue weighted by Gasteiger charge is -2.37. The van der Waals surface area contributed by atoms with Crippen molar-refractivity contribution in [3.05, 3.63) is 77.4 Å². The molecule has 3 aromatic carbocycles. The van der Waals surface area contributed by atoms with Crippen LogP contribution in [0.5, 0.6) is 17.2 Å². The number of fused-ring (bicyclic) bond motifs is 1. The van der Waals surface area contributed by atoms with E-state index in [0.717, 1.165) is 16.7 Å². The van der Waals surface area contributed by atoms with Gasteiger partial charge in [0.15, 0.2) is 11.5 Å². The lowest BCUT2D eigenvalue weighted by Crippen LogP contribution is -2.40. The molecule has 1 N–H and O–H groups in total. The highest BCUT2D eigenvalue weighted by Gasteiger charge is 2.38. The van der Waals surface area contributed by atoms with Crippen LogP contribution in [0.25, 0.3) is 0 Å². The Morgan fingerprint density at radius 2 is 1.57 bits per heavy atom. The Hall–Kier alpha value is -3.56. The monoisotopic (exact) mass is 496 g/mol. The fraction of sp³-hybridized carbons (Fsp3) is 0.269. The maximum absolute atomic E-state index is 14.0. The van der Waals surface area contributed by atoms with Crippen molar-refractivity contribution in [3.8, 4) is 17.2 Å². The smallest absolute Gasteiger partial charge is 0.244 e. The van der Waals surface area contributed by atoms with Crippen molar-refractivity contribution in [2.75, 3.05) is 33.2 Å². The molecule has 0 unspecified atom stereocenters. The summed E-state index contributed by atoms with van der Waals surface area (Å²) in [5.41, 5.74) is 2.96. The fourth-order valence-corrected chi connectivity index (χ4v) is 6.06. The molecule has 3 aromatic rings. The van der Waals surface area contributed by atoms with E-state index < -0.39 is 16.1 Å². The number of rotatable bonds is 7. The maximum atomic E-state index is 14.0. The van der Waals surface area contributed by atoms with Gasteiger partial charge in [-0.15, -0.1) is 0 Å². The Balaban J connectivity index is 1.87. The number of methoxy groups -OCH3 is 3. The van der Waals surface area contributed by atoms with Gasteiger partial charge in [-0.3, -0.25) is 4.79 Å². The number of nitrogens with one attached hydrogen (secondary N) is 1. The third-order valence-corrected chi connectivity index (χ3v) is 7.89. The van der Waals surface area contributed by atoms with E-state index in [9.17, 15) is 13.2 Å². The summed E-state index contributed by atoms with van der Waals surface area (Å²) in [5, 5.41) is 2.65. The Bertz CT molecular complexity index is 1340. The van der Waals surface area contributed by atoms with Gasteiger partial charge in [0.1, 0.15) is 5.75 Å². The normalized spacial score (nSPS) is 15.7. The predicted octanol–water partition coefficient (Wildman–Crippen LogP) is 4.01. The van der Waals surface area contributed by atoms with Crippen LogP contribution < -0.4 is 19.5 Å². The fourth-order valence-electron chi connectivity index (χ4n) is 4.43. The molecule has 0 aromatic heterocycles. The molecule has 184 valence electrons. The van der Waals surface area contributed by atoms with Crippen LogP contribution in [-0.2, 0) is 21.2 Å². The Morgan fingerprint density at radius 3 is 2.20 bits per heavy atom. The molecule has 4 rings (SSSR count). The third-order valence-electron chi connectivity index (χ3n) is 6.03. The summed E-state index contributed by atoms with van der Waals surface area (Å²) in [6.07, 6.45) is 0.507. The summed E-state index contributed by atoms with van der Waals surface area (Å²) in [5.74, 6) is 1.18. The molecule has 1 heterocycles. The zero-order valence-corrected chi connectivity index (χ0v) is 20.9. The largest absolute Gasteiger partial charge is 0.495 e. The Morgan fingerprint density at radius 1 is 0.914 bits per heavy atom. The molecule has 0 radical (unpaired) electrons. The van der Waals surface area contributed by atoms with Crippen LogP contribution in [-0.4, -0.2) is 46.5 Å². The number of nitrogens with zero attached hydrogens (tertiary/aromatic N) is 1. The molecule has 1 aliphatic heterocycles. The van der Waals surface area contributed by atoms with E-state index in [1.807, 2.05) is 42.5 Å². The van der Waals surface area contributed by atoms with Crippen molar-refractivity contribution in [1.29, 1.82) is 0 Å². The van der Waals surface area contributed by atoms with Crippen molar-refractivity contribution < 1.29 is 27.4 Å². The van der Waals surface area contributed by atoms with E-state index in [0.29, 0.717) is 29.4 Å². The topological polar surface area (TPSA) is 94.2 Å². The van der Waals surface area contributed by atoms with E-state index >= 15 is 0 Å². The first kappa shape index (κ1) is 24.6. The number of benzene rings is 3. The second kappa shape index (κ2) is 9.97. The van der Waals surface area contributed by atoms with Gasteiger partial charge in [-0.1, -0.05) is 30.3 Å².